The van der Waals surface area contributed by atoms with Gasteiger partial charge in [0.05, 0.1) is 0 Å². The molecule has 0 fully saturated rings. The van der Waals surface area contributed by atoms with Gasteiger partial charge >= 0.3 is 0 Å². The van der Waals surface area contributed by atoms with E-state index in [9.17, 15) is 0 Å². The Morgan fingerprint density at radius 3 is 3.07 bits per heavy atom. The minimum atomic E-state index is 0.706. The molecule has 14 heavy (non-hydrogen) atoms. The largest absolute Gasteiger partial charge is 0.330 e. The van der Waals surface area contributed by atoms with Crippen molar-refractivity contribution < 1.29 is 0 Å². The van der Waals surface area contributed by atoms with Gasteiger partial charge in [0.25, 0.3) is 0 Å². The quantitative estimate of drug-likeness (QED) is 0.715. The average molecular weight is 194 g/mol. The first-order valence-electron chi connectivity index (χ1n) is 5.00. The summed E-state index contributed by atoms with van der Waals surface area (Å²) in [6.45, 7) is 5.75. The second-order valence-corrected chi connectivity index (χ2v) is 3.30. The Balaban J connectivity index is 2.59. The molecule has 0 unspecified atom stereocenters. The summed E-state index contributed by atoms with van der Waals surface area (Å²) in [7, 11) is 0. The van der Waals surface area contributed by atoms with Gasteiger partial charge in [-0.3, -0.25) is 4.68 Å². The first kappa shape index (κ1) is 10.9. The van der Waals surface area contributed by atoms with Crippen LogP contribution in [0.5, 0.6) is 0 Å². The Morgan fingerprint density at radius 1 is 1.64 bits per heavy atom. The van der Waals surface area contributed by atoms with E-state index in [1.807, 2.05) is 4.68 Å². The van der Waals surface area contributed by atoms with Crippen molar-refractivity contribution in [2.45, 2.75) is 33.2 Å². The third kappa shape index (κ3) is 2.96. The van der Waals surface area contributed by atoms with E-state index >= 15 is 0 Å². The molecule has 0 amide bonds. The van der Waals surface area contributed by atoms with Gasteiger partial charge in [-0.05, 0) is 26.8 Å². The van der Waals surface area contributed by atoms with Crippen molar-refractivity contribution in [2.24, 2.45) is 5.73 Å². The normalized spacial score (nSPS) is 12.1. The molecule has 0 saturated carbocycles. The van der Waals surface area contributed by atoms with Gasteiger partial charge in [0.2, 0.25) is 0 Å². The van der Waals surface area contributed by atoms with E-state index in [4.69, 9.17) is 5.73 Å². The summed E-state index contributed by atoms with van der Waals surface area (Å²) in [5.41, 5.74) is 6.73. The van der Waals surface area contributed by atoms with Gasteiger partial charge in [-0.1, -0.05) is 11.6 Å². The highest BCUT2D eigenvalue weighted by Gasteiger charge is 2.02. The molecule has 0 atom stereocenters. The number of nitrogens with zero attached hydrogens (tertiary/aromatic N) is 3. The smallest absolute Gasteiger partial charge is 0.138 e. The molecule has 0 spiro atoms. The van der Waals surface area contributed by atoms with Gasteiger partial charge in [-0.2, -0.15) is 5.10 Å². The Labute approximate surface area is 84.8 Å². The second-order valence-electron chi connectivity index (χ2n) is 3.30. The number of hydrogen-bond acceptors (Lipinski definition) is 3. The number of aromatic nitrogens is 3. The van der Waals surface area contributed by atoms with E-state index in [2.05, 4.69) is 30.0 Å². The summed E-state index contributed by atoms with van der Waals surface area (Å²) in [6, 6.07) is 0. The van der Waals surface area contributed by atoms with Crippen LogP contribution >= 0.6 is 0 Å². The monoisotopic (exact) mass is 194 g/mol. The topological polar surface area (TPSA) is 56.7 Å². The van der Waals surface area contributed by atoms with Crippen molar-refractivity contribution in [3.63, 3.8) is 0 Å². The Kier molecular flexibility index (Phi) is 4.32. The van der Waals surface area contributed by atoms with Crippen molar-refractivity contribution in [2.75, 3.05) is 6.54 Å². The summed E-state index contributed by atoms with van der Waals surface area (Å²) in [4.78, 5) is 4.21. The molecule has 0 aliphatic carbocycles. The lowest BCUT2D eigenvalue weighted by molar-refractivity contribution is 0.623. The highest BCUT2D eigenvalue weighted by atomic mass is 15.3. The lowest BCUT2D eigenvalue weighted by Crippen LogP contribution is -2.04. The number of rotatable bonds is 5. The molecular weight excluding hydrogens is 176 g/mol. The molecule has 4 nitrogen and oxygen atoms in total. The van der Waals surface area contributed by atoms with Crippen LogP contribution in [0.3, 0.4) is 0 Å². The molecule has 1 aromatic rings. The minimum Gasteiger partial charge on any atom is -0.330 e. The molecular formula is C10H18N4. The lowest BCUT2D eigenvalue weighted by Gasteiger charge is -2.02. The number of hydrogen-bond donors (Lipinski definition) is 1. The summed E-state index contributed by atoms with van der Waals surface area (Å²) >= 11 is 0. The molecule has 78 valence electrons. The number of nitrogens with two attached hydrogens (primary N) is 1. The summed E-state index contributed by atoms with van der Waals surface area (Å²) in [5.74, 6) is 1.03. The van der Waals surface area contributed by atoms with Crippen LogP contribution < -0.4 is 5.73 Å². The molecule has 2 N–H and O–H groups in total. The van der Waals surface area contributed by atoms with Crippen LogP contribution in [0.2, 0.25) is 0 Å². The third-order valence-electron chi connectivity index (χ3n) is 2.09. The van der Waals surface area contributed by atoms with Gasteiger partial charge < -0.3 is 5.73 Å². The Bertz CT molecular complexity index is 301. The van der Waals surface area contributed by atoms with E-state index in [1.165, 1.54) is 5.57 Å². The van der Waals surface area contributed by atoms with Gasteiger partial charge in [0.1, 0.15) is 12.2 Å². The molecule has 0 aliphatic rings. The molecule has 0 aromatic carbocycles. The van der Waals surface area contributed by atoms with Gasteiger partial charge in [0.15, 0.2) is 0 Å². The molecule has 0 bridgehead atoms. The summed E-state index contributed by atoms with van der Waals surface area (Å²) < 4.78 is 1.92. The van der Waals surface area contributed by atoms with Gasteiger partial charge in [-0.15, -0.1) is 0 Å². The van der Waals surface area contributed by atoms with Crippen LogP contribution in [0.25, 0.3) is 0 Å². The molecule has 1 aromatic heterocycles. The van der Waals surface area contributed by atoms with E-state index < -0.39 is 0 Å². The van der Waals surface area contributed by atoms with E-state index in [0.29, 0.717) is 6.54 Å². The fraction of sp³-hybridized carbons (Fsp3) is 0.600. The fourth-order valence-electron chi connectivity index (χ4n) is 1.34. The van der Waals surface area contributed by atoms with Gasteiger partial charge in [0, 0.05) is 13.0 Å². The maximum Gasteiger partial charge on any atom is 0.138 e. The van der Waals surface area contributed by atoms with Crippen molar-refractivity contribution >= 4 is 0 Å². The highest BCUT2D eigenvalue weighted by Crippen LogP contribution is 2.04. The highest BCUT2D eigenvalue weighted by molar-refractivity contribution is 5.06. The first-order valence-corrected chi connectivity index (χ1v) is 5.00. The molecule has 0 aliphatic heterocycles. The van der Waals surface area contributed by atoms with Crippen LogP contribution in [0.4, 0.5) is 0 Å². The van der Waals surface area contributed by atoms with E-state index in [1.54, 1.807) is 6.33 Å². The number of aryl methyl sites for hydroxylation is 1. The van der Waals surface area contributed by atoms with E-state index in [0.717, 1.165) is 25.2 Å². The molecule has 1 rings (SSSR count). The predicted octanol–water partition coefficient (Wildman–Crippen LogP) is 1.14. The second kappa shape index (κ2) is 5.54. The zero-order valence-corrected chi connectivity index (χ0v) is 8.90. The molecule has 1 heterocycles. The van der Waals surface area contributed by atoms with Crippen molar-refractivity contribution in [3.8, 4) is 0 Å². The molecule has 4 heteroatoms. The average Bonchev–Trinajstić information content (AvgIpc) is 2.62. The Hall–Kier alpha value is -1.16. The van der Waals surface area contributed by atoms with Crippen LogP contribution in [-0.4, -0.2) is 21.3 Å². The number of allylic oxidation sites excluding steroid dienone is 1. The predicted molar refractivity (Wildman–Crippen MR) is 56.8 cm³/mol. The van der Waals surface area contributed by atoms with Crippen molar-refractivity contribution in [1.29, 1.82) is 0 Å². The zero-order chi connectivity index (χ0) is 10.4. The minimum absolute atomic E-state index is 0.706. The van der Waals surface area contributed by atoms with Crippen molar-refractivity contribution in [3.05, 3.63) is 23.8 Å². The fourth-order valence-corrected chi connectivity index (χ4v) is 1.34. The van der Waals surface area contributed by atoms with E-state index in [-0.39, 0.29) is 0 Å². The van der Waals surface area contributed by atoms with Gasteiger partial charge in [-0.25, -0.2) is 4.98 Å². The first-order chi connectivity index (χ1) is 6.77. The maximum absolute atomic E-state index is 5.43. The van der Waals surface area contributed by atoms with Crippen LogP contribution in [0.1, 0.15) is 26.1 Å². The SMILES string of the molecule is CCn1ncnc1CC(C)=CCCN. The molecule has 0 saturated heterocycles. The van der Waals surface area contributed by atoms with Crippen LogP contribution in [0, 0.1) is 0 Å². The third-order valence-corrected chi connectivity index (χ3v) is 2.09. The van der Waals surface area contributed by atoms with Crippen LogP contribution in [0.15, 0.2) is 18.0 Å². The molecule has 0 radical (unpaired) electrons. The summed E-state index contributed by atoms with van der Waals surface area (Å²) in [6.07, 6.45) is 5.57. The Morgan fingerprint density at radius 2 is 2.43 bits per heavy atom. The van der Waals surface area contributed by atoms with Crippen LogP contribution in [-0.2, 0) is 13.0 Å². The maximum atomic E-state index is 5.43. The zero-order valence-electron chi connectivity index (χ0n) is 8.90. The lowest BCUT2D eigenvalue weighted by atomic mass is 10.1. The summed E-state index contributed by atoms with van der Waals surface area (Å²) in [5, 5.41) is 4.12. The van der Waals surface area contributed by atoms with Crippen molar-refractivity contribution in [1.82, 2.24) is 14.8 Å². The standard InChI is InChI=1S/C10H18N4/c1-3-14-10(12-8-13-14)7-9(2)5-4-6-11/h5,8H,3-4,6-7,11H2,1-2H3.